The molecule has 168 valence electrons. The van der Waals surface area contributed by atoms with Crippen molar-refractivity contribution in [1.29, 1.82) is 0 Å². The lowest BCUT2D eigenvalue weighted by molar-refractivity contribution is 0.0692. The Morgan fingerprint density at radius 1 is 1.06 bits per heavy atom. The number of halogens is 1. The summed E-state index contributed by atoms with van der Waals surface area (Å²) in [6.07, 6.45) is 0. The summed E-state index contributed by atoms with van der Waals surface area (Å²) in [6.45, 7) is 8.22. The van der Waals surface area contributed by atoms with Gasteiger partial charge in [-0.2, -0.15) is 0 Å². The lowest BCUT2D eigenvalue weighted by atomic mass is 10.1. The van der Waals surface area contributed by atoms with E-state index in [0.717, 1.165) is 11.1 Å². The Balaban J connectivity index is 1.93. The molecule has 0 saturated carbocycles. The number of nitrogens with zero attached hydrogens (tertiary/aromatic N) is 3. The third kappa shape index (κ3) is 4.29. The molecule has 0 radical (unpaired) electrons. The zero-order chi connectivity index (χ0) is 23.7. The van der Waals surface area contributed by atoms with Crippen molar-refractivity contribution in [2.24, 2.45) is 0 Å². The van der Waals surface area contributed by atoms with Crippen molar-refractivity contribution in [2.45, 2.75) is 33.7 Å². The highest BCUT2D eigenvalue weighted by atomic mass is 35.5. The summed E-state index contributed by atoms with van der Waals surface area (Å²) in [4.78, 5) is 33.7. The molecule has 33 heavy (non-hydrogen) atoms. The van der Waals surface area contributed by atoms with Gasteiger partial charge < -0.3 is 4.90 Å². The second-order valence-corrected chi connectivity index (χ2v) is 8.63. The van der Waals surface area contributed by atoms with Crippen molar-refractivity contribution >= 4 is 28.4 Å². The van der Waals surface area contributed by atoms with Gasteiger partial charge in [0, 0.05) is 17.1 Å². The molecular weight excluding hydrogens is 434 g/mol. The fraction of sp³-hybridized carbons (Fsp3) is 0.222. The Hall–Kier alpha value is -3.44. The minimum Gasteiger partial charge on any atom is -0.329 e. The van der Waals surface area contributed by atoms with Crippen LogP contribution in [0.2, 0.25) is 5.02 Å². The van der Waals surface area contributed by atoms with Crippen LogP contribution in [-0.4, -0.2) is 26.9 Å². The largest absolute Gasteiger partial charge is 0.329 e. The normalized spacial score (nSPS) is 12.0. The van der Waals surface area contributed by atoms with Crippen LogP contribution in [0.25, 0.3) is 16.6 Å². The lowest BCUT2D eigenvalue weighted by Crippen LogP contribution is -2.37. The van der Waals surface area contributed by atoms with Crippen LogP contribution in [-0.2, 0) is 0 Å². The summed E-state index contributed by atoms with van der Waals surface area (Å²) in [5.41, 5.74) is 3.66. The average molecular weight is 460 g/mol. The highest BCUT2D eigenvalue weighted by Gasteiger charge is 2.27. The molecule has 0 aliphatic rings. The van der Waals surface area contributed by atoms with Gasteiger partial charge in [-0.3, -0.25) is 14.2 Å². The van der Waals surface area contributed by atoms with Gasteiger partial charge in [-0.25, -0.2) is 4.98 Å². The molecule has 4 aromatic rings. The molecule has 3 aromatic carbocycles. The first-order valence-corrected chi connectivity index (χ1v) is 11.4. The molecule has 5 nitrogen and oxygen atoms in total. The van der Waals surface area contributed by atoms with Crippen molar-refractivity contribution in [3.05, 3.63) is 105 Å². The number of benzene rings is 3. The Bertz CT molecular complexity index is 1390. The summed E-state index contributed by atoms with van der Waals surface area (Å²) >= 11 is 6.20. The molecule has 0 aliphatic heterocycles. The molecule has 0 N–H and O–H groups in total. The average Bonchev–Trinajstić information content (AvgIpc) is 2.80. The minimum atomic E-state index is -0.459. The van der Waals surface area contributed by atoms with Crippen LogP contribution < -0.4 is 5.56 Å². The predicted molar refractivity (Wildman–Crippen MR) is 133 cm³/mol. The fourth-order valence-electron chi connectivity index (χ4n) is 4.10. The number of amides is 1. The predicted octanol–water partition coefficient (Wildman–Crippen LogP) is 5.88. The smallest absolute Gasteiger partial charge is 0.266 e. The van der Waals surface area contributed by atoms with Crippen LogP contribution in [0.5, 0.6) is 0 Å². The molecule has 0 fully saturated rings. The monoisotopic (exact) mass is 459 g/mol. The number of hydrogen-bond acceptors (Lipinski definition) is 3. The van der Waals surface area contributed by atoms with E-state index in [-0.39, 0.29) is 11.5 Å². The summed E-state index contributed by atoms with van der Waals surface area (Å²) in [5, 5.41) is 0.980. The SMILES string of the molecule is CCN(C(=O)c1ccccc1C)C(C)c1nc2cc(Cl)ccc2c(=O)n1-c1ccc(C)cc1. The Kier molecular flexibility index (Phi) is 6.34. The van der Waals surface area contributed by atoms with Gasteiger partial charge in [-0.05, 0) is 69.7 Å². The standard InChI is InChI=1S/C27H26ClN3O2/c1-5-30(26(32)22-9-7-6-8-18(22)3)19(4)25-29-24-16-20(28)12-15-23(24)27(33)31(25)21-13-10-17(2)11-14-21/h6-16,19H,5H2,1-4H3. The third-order valence-electron chi connectivity index (χ3n) is 5.97. The van der Waals surface area contributed by atoms with E-state index >= 15 is 0 Å². The zero-order valence-electron chi connectivity index (χ0n) is 19.2. The number of carbonyl (C=O) groups is 1. The van der Waals surface area contributed by atoms with Gasteiger partial charge in [-0.15, -0.1) is 0 Å². The maximum absolute atomic E-state index is 13.6. The number of carbonyl (C=O) groups excluding carboxylic acids is 1. The summed E-state index contributed by atoms with van der Waals surface area (Å²) in [6, 6.07) is 19.8. The Morgan fingerprint density at radius 2 is 1.76 bits per heavy atom. The minimum absolute atomic E-state index is 0.0982. The van der Waals surface area contributed by atoms with Crippen molar-refractivity contribution < 1.29 is 4.79 Å². The summed E-state index contributed by atoms with van der Waals surface area (Å²) in [5.74, 6) is 0.390. The topological polar surface area (TPSA) is 55.2 Å². The van der Waals surface area contributed by atoms with E-state index in [1.165, 1.54) is 0 Å². The second-order valence-electron chi connectivity index (χ2n) is 8.19. The van der Waals surface area contributed by atoms with Crippen molar-refractivity contribution in [1.82, 2.24) is 14.5 Å². The van der Waals surface area contributed by atoms with Crippen LogP contribution in [0.1, 0.15) is 47.2 Å². The molecule has 1 atom stereocenters. The molecular formula is C27H26ClN3O2. The maximum atomic E-state index is 13.6. The first-order valence-electron chi connectivity index (χ1n) is 11.0. The van der Waals surface area contributed by atoms with E-state index in [4.69, 9.17) is 16.6 Å². The van der Waals surface area contributed by atoms with Gasteiger partial charge in [0.15, 0.2) is 0 Å². The summed E-state index contributed by atoms with van der Waals surface area (Å²) < 4.78 is 1.61. The van der Waals surface area contributed by atoms with Crippen LogP contribution in [0.3, 0.4) is 0 Å². The number of aromatic nitrogens is 2. The van der Waals surface area contributed by atoms with E-state index in [0.29, 0.717) is 39.5 Å². The van der Waals surface area contributed by atoms with Gasteiger partial charge in [0.05, 0.1) is 22.6 Å². The number of rotatable bonds is 5. The second kappa shape index (κ2) is 9.20. The fourth-order valence-corrected chi connectivity index (χ4v) is 4.27. The van der Waals surface area contributed by atoms with Crippen molar-refractivity contribution in [2.75, 3.05) is 6.54 Å². The quantitative estimate of drug-likeness (QED) is 0.374. The van der Waals surface area contributed by atoms with Crippen LogP contribution in [0.4, 0.5) is 0 Å². The number of fused-ring (bicyclic) bond motifs is 1. The molecule has 1 aromatic heterocycles. The van der Waals surface area contributed by atoms with Crippen LogP contribution >= 0.6 is 11.6 Å². The van der Waals surface area contributed by atoms with E-state index < -0.39 is 6.04 Å². The molecule has 1 amide bonds. The van der Waals surface area contributed by atoms with E-state index in [2.05, 4.69) is 0 Å². The third-order valence-corrected chi connectivity index (χ3v) is 6.20. The molecule has 6 heteroatoms. The van der Waals surface area contributed by atoms with Gasteiger partial charge in [0.1, 0.15) is 5.82 Å². The van der Waals surface area contributed by atoms with Crippen molar-refractivity contribution in [3.63, 3.8) is 0 Å². The lowest BCUT2D eigenvalue weighted by Gasteiger charge is -2.30. The van der Waals surface area contributed by atoms with Gasteiger partial charge in [0.25, 0.3) is 11.5 Å². The van der Waals surface area contributed by atoms with E-state index in [1.54, 1.807) is 27.7 Å². The first kappa shape index (κ1) is 22.7. The van der Waals surface area contributed by atoms with Gasteiger partial charge in [-0.1, -0.05) is 47.5 Å². The molecule has 0 spiro atoms. The van der Waals surface area contributed by atoms with Crippen molar-refractivity contribution in [3.8, 4) is 5.69 Å². The van der Waals surface area contributed by atoms with Crippen LogP contribution in [0.15, 0.2) is 71.5 Å². The Labute approximate surface area is 198 Å². The number of hydrogen-bond donors (Lipinski definition) is 0. The maximum Gasteiger partial charge on any atom is 0.266 e. The first-order chi connectivity index (χ1) is 15.8. The molecule has 4 rings (SSSR count). The molecule has 1 unspecified atom stereocenters. The molecule has 0 bridgehead atoms. The van der Waals surface area contributed by atoms with E-state index in [1.807, 2.05) is 76.2 Å². The highest BCUT2D eigenvalue weighted by Crippen LogP contribution is 2.26. The molecule has 0 saturated heterocycles. The Morgan fingerprint density at radius 3 is 2.42 bits per heavy atom. The zero-order valence-corrected chi connectivity index (χ0v) is 19.9. The van der Waals surface area contributed by atoms with Gasteiger partial charge in [0.2, 0.25) is 0 Å². The molecule has 1 heterocycles. The van der Waals surface area contributed by atoms with E-state index in [9.17, 15) is 9.59 Å². The van der Waals surface area contributed by atoms with Gasteiger partial charge >= 0.3 is 0 Å². The van der Waals surface area contributed by atoms with Crippen LogP contribution in [0, 0.1) is 13.8 Å². The molecule has 0 aliphatic carbocycles. The highest BCUT2D eigenvalue weighted by molar-refractivity contribution is 6.31. The summed E-state index contributed by atoms with van der Waals surface area (Å²) in [7, 11) is 0. The number of aryl methyl sites for hydroxylation is 2.